The summed E-state index contributed by atoms with van der Waals surface area (Å²) in [7, 11) is 0. The summed E-state index contributed by atoms with van der Waals surface area (Å²) in [6.07, 6.45) is 65.9. The van der Waals surface area contributed by atoms with Crippen molar-refractivity contribution in [2.75, 3.05) is 26.4 Å². The van der Waals surface area contributed by atoms with Gasteiger partial charge in [0, 0.05) is 6.42 Å². The molecule has 0 aromatic heterocycles. The lowest BCUT2D eigenvalue weighted by molar-refractivity contribution is -0.379. The van der Waals surface area contributed by atoms with Crippen molar-refractivity contribution >= 4 is 5.91 Å². The van der Waals surface area contributed by atoms with Crippen LogP contribution in [-0.2, 0) is 33.2 Å². The Bertz CT molecular complexity index is 2280. The molecular weight excluding hydrogens is 1370 g/mol. The van der Waals surface area contributed by atoms with Crippen molar-refractivity contribution in [1.29, 1.82) is 0 Å². The molecule has 19 nitrogen and oxygen atoms in total. The molecule has 19 heteroatoms. The highest BCUT2D eigenvalue weighted by Crippen LogP contribution is 2.33. The van der Waals surface area contributed by atoms with Gasteiger partial charge in [0.1, 0.15) is 73.2 Å². The lowest BCUT2D eigenvalue weighted by Gasteiger charge is -2.48. The third-order valence-corrected chi connectivity index (χ3v) is 21.4. The number of amides is 1. The molecule has 0 spiro atoms. The highest BCUT2D eigenvalue weighted by atomic mass is 16.8. The van der Waals surface area contributed by atoms with E-state index in [0.717, 1.165) is 70.6 Å². The topological polar surface area (TPSA) is 307 Å². The second-order valence-electron chi connectivity index (χ2n) is 31.0. The average molecular weight is 1530 g/mol. The number of aliphatic hydroxyl groups excluding tert-OH is 11. The van der Waals surface area contributed by atoms with Gasteiger partial charge in [-0.05, 0) is 83.5 Å². The van der Waals surface area contributed by atoms with Crippen molar-refractivity contribution in [3.63, 3.8) is 0 Å². The number of hydrogen-bond acceptors (Lipinski definition) is 18. The molecule has 0 aromatic rings. The number of aliphatic hydroxyl groups is 11. The largest absolute Gasteiger partial charge is 0.394 e. The molecule has 3 heterocycles. The Morgan fingerprint density at radius 3 is 1.04 bits per heavy atom. The van der Waals surface area contributed by atoms with Crippen molar-refractivity contribution in [3.05, 3.63) is 85.1 Å². The maximum absolute atomic E-state index is 13.5. The SMILES string of the molecule is CC/C=C\C/C=C\C/C=C\C/C=C\CCCCCCCCCCCCCCCCCCCCCCCCC(=O)NC(COC1OC(CO)C(OC2OC(CO)C(OC3OC(CO)C(O)C(O)C3O)C(O)C2O)C(O)C1O)C(O)/C=C/CC/C=C/CC/C=C/CCCCCCCCCCCCCCCCCCCC. The number of ether oxygens (including phenoxy) is 6. The molecule has 3 aliphatic rings. The summed E-state index contributed by atoms with van der Waals surface area (Å²) in [6, 6.07) is -1.00. The van der Waals surface area contributed by atoms with E-state index >= 15 is 0 Å². The van der Waals surface area contributed by atoms with Crippen LogP contribution in [0.1, 0.15) is 341 Å². The molecule has 3 aliphatic heterocycles. The Balaban J connectivity index is 1.35. The van der Waals surface area contributed by atoms with Crippen LogP contribution in [0, 0.1) is 0 Å². The van der Waals surface area contributed by atoms with Gasteiger partial charge in [-0.25, -0.2) is 0 Å². The van der Waals surface area contributed by atoms with Crippen LogP contribution in [-0.4, -0.2) is 193 Å². The first-order valence-electron chi connectivity index (χ1n) is 43.8. The Morgan fingerprint density at radius 1 is 0.343 bits per heavy atom. The van der Waals surface area contributed by atoms with Crippen LogP contribution in [0.25, 0.3) is 0 Å². The maximum Gasteiger partial charge on any atom is 0.220 e. The van der Waals surface area contributed by atoms with Crippen molar-refractivity contribution in [1.82, 2.24) is 5.32 Å². The average Bonchev–Trinajstić information content (AvgIpc) is 0.774. The summed E-state index contributed by atoms with van der Waals surface area (Å²) < 4.78 is 34.5. The van der Waals surface area contributed by atoms with E-state index in [0.29, 0.717) is 12.8 Å². The summed E-state index contributed by atoms with van der Waals surface area (Å²) >= 11 is 0. The van der Waals surface area contributed by atoms with E-state index in [1.54, 1.807) is 6.08 Å². The molecule has 0 radical (unpaired) electrons. The van der Waals surface area contributed by atoms with E-state index in [1.807, 2.05) is 6.08 Å². The van der Waals surface area contributed by atoms with Crippen LogP contribution in [0.2, 0.25) is 0 Å². The molecule has 17 unspecified atom stereocenters. The Kier molecular flexibility index (Phi) is 62.8. The zero-order valence-corrected chi connectivity index (χ0v) is 67.6. The van der Waals surface area contributed by atoms with Crippen LogP contribution < -0.4 is 5.32 Å². The van der Waals surface area contributed by atoms with Gasteiger partial charge >= 0.3 is 0 Å². The van der Waals surface area contributed by atoms with Gasteiger partial charge in [-0.2, -0.15) is 0 Å². The maximum atomic E-state index is 13.5. The Labute approximate surface area is 654 Å². The first kappa shape index (κ1) is 99.2. The van der Waals surface area contributed by atoms with Gasteiger partial charge in [0.15, 0.2) is 18.9 Å². The van der Waals surface area contributed by atoms with Gasteiger partial charge in [0.05, 0.1) is 38.6 Å². The lowest BCUT2D eigenvalue weighted by atomic mass is 9.96. The number of rotatable bonds is 70. The fourth-order valence-electron chi connectivity index (χ4n) is 14.5. The van der Waals surface area contributed by atoms with E-state index < -0.39 is 124 Å². The monoisotopic (exact) mass is 1530 g/mol. The van der Waals surface area contributed by atoms with Crippen molar-refractivity contribution in [2.45, 2.75) is 446 Å². The van der Waals surface area contributed by atoms with Crippen LogP contribution in [0.5, 0.6) is 0 Å². The molecule has 0 aromatic carbocycles. The molecule has 0 aliphatic carbocycles. The minimum atomic E-state index is -1.99. The summed E-state index contributed by atoms with van der Waals surface area (Å²) in [5.74, 6) is -0.285. The molecule has 108 heavy (non-hydrogen) atoms. The van der Waals surface area contributed by atoms with Crippen LogP contribution in [0.3, 0.4) is 0 Å². The molecule has 3 fully saturated rings. The van der Waals surface area contributed by atoms with E-state index in [4.69, 9.17) is 28.4 Å². The zero-order chi connectivity index (χ0) is 78.1. The number of carbonyl (C=O) groups excluding carboxylic acids is 1. The van der Waals surface area contributed by atoms with E-state index in [9.17, 15) is 61.0 Å². The smallest absolute Gasteiger partial charge is 0.220 e. The van der Waals surface area contributed by atoms with Crippen molar-refractivity contribution in [3.8, 4) is 0 Å². The minimum Gasteiger partial charge on any atom is -0.394 e. The minimum absolute atomic E-state index is 0.232. The van der Waals surface area contributed by atoms with Gasteiger partial charge < -0.3 is 89.9 Å². The van der Waals surface area contributed by atoms with Gasteiger partial charge in [-0.1, -0.05) is 336 Å². The molecule has 1 amide bonds. The van der Waals surface area contributed by atoms with Crippen LogP contribution >= 0.6 is 0 Å². The molecular formula is C89H159NO18. The quantitative estimate of drug-likeness (QED) is 0.0199. The molecule has 628 valence electrons. The highest BCUT2D eigenvalue weighted by Gasteiger charge is 2.54. The Hall–Kier alpha value is -3.03. The first-order valence-corrected chi connectivity index (χ1v) is 43.8. The van der Waals surface area contributed by atoms with E-state index in [-0.39, 0.29) is 18.9 Å². The molecule has 3 saturated heterocycles. The van der Waals surface area contributed by atoms with Crippen molar-refractivity contribution in [2.24, 2.45) is 0 Å². The standard InChI is InChI=1S/C89H159NO18/c1-3-5-7-9-11-13-15-17-19-21-23-25-27-29-31-33-34-35-36-37-38-39-41-43-45-47-49-51-53-55-57-59-61-63-65-67-77(95)90-72(73(94)66-64-62-60-58-56-54-52-50-48-46-44-42-40-32-30-28-26-24-22-20-18-16-14-12-10-8-6-4-2)71-103-87-83(101)80(98)85(75(69-92)105-87)108-89-84(102)81(99)86(76(70-93)106-89)107-88-82(100)79(97)78(96)74(68-91)104-88/h5,7,11,13,17,19,23,25,48,50,56,58,64,66,72-76,78-89,91-94,96-102H,3-4,6,8-10,12,14-16,18,20-22,24,26-47,49,51-55,57,59-63,65,67-71H2,1-2H3,(H,90,95)/b7-5-,13-11-,19-17-,25-23-,50-48+,58-56+,66-64+. The number of unbranched alkanes of at least 4 members (excludes halogenated alkanes) is 42. The molecule has 0 saturated carbocycles. The van der Waals surface area contributed by atoms with Gasteiger partial charge in [-0.15, -0.1) is 0 Å². The van der Waals surface area contributed by atoms with Gasteiger partial charge in [0.2, 0.25) is 5.91 Å². The van der Waals surface area contributed by atoms with E-state index in [1.165, 1.54) is 238 Å². The van der Waals surface area contributed by atoms with Crippen LogP contribution in [0.15, 0.2) is 85.1 Å². The second kappa shape index (κ2) is 68.4. The molecule has 3 rings (SSSR count). The number of hydrogen-bond donors (Lipinski definition) is 12. The number of allylic oxidation sites excluding steroid dienone is 13. The number of nitrogens with one attached hydrogen (secondary N) is 1. The number of carbonyl (C=O) groups is 1. The third kappa shape index (κ3) is 47.0. The lowest BCUT2D eigenvalue weighted by Crippen LogP contribution is -2.66. The predicted molar refractivity (Wildman–Crippen MR) is 434 cm³/mol. The Morgan fingerprint density at radius 2 is 0.648 bits per heavy atom. The molecule has 0 bridgehead atoms. The molecule has 12 N–H and O–H groups in total. The summed E-state index contributed by atoms with van der Waals surface area (Å²) in [4.78, 5) is 13.5. The zero-order valence-electron chi connectivity index (χ0n) is 67.6. The van der Waals surface area contributed by atoms with Gasteiger partial charge in [-0.3, -0.25) is 4.79 Å². The van der Waals surface area contributed by atoms with E-state index in [2.05, 4.69) is 92.1 Å². The predicted octanol–water partition coefficient (Wildman–Crippen LogP) is 16.1. The first-order chi connectivity index (χ1) is 52.8. The fourth-order valence-corrected chi connectivity index (χ4v) is 14.5. The summed E-state index contributed by atoms with van der Waals surface area (Å²) in [6.45, 7) is 1.64. The second-order valence-corrected chi connectivity index (χ2v) is 31.0. The normalized spacial score (nSPS) is 25.8. The fraction of sp³-hybridized carbons (Fsp3) is 0.831. The summed E-state index contributed by atoms with van der Waals surface area (Å²) in [5.41, 5.74) is 0. The van der Waals surface area contributed by atoms with Crippen molar-refractivity contribution < 1.29 is 89.4 Å². The van der Waals surface area contributed by atoms with Gasteiger partial charge in [0.25, 0.3) is 0 Å². The highest BCUT2D eigenvalue weighted by molar-refractivity contribution is 5.76. The molecule has 17 atom stereocenters. The van der Waals surface area contributed by atoms with Crippen LogP contribution in [0.4, 0.5) is 0 Å². The summed E-state index contributed by atoms with van der Waals surface area (Å²) in [5, 5.41) is 121. The third-order valence-electron chi connectivity index (χ3n) is 21.4.